The van der Waals surface area contributed by atoms with Gasteiger partial charge in [0.25, 0.3) is 5.91 Å². The molecule has 1 aromatic rings. The number of phenols is 1. The molecule has 21 heavy (non-hydrogen) atoms. The van der Waals surface area contributed by atoms with Crippen LogP contribution >= 0.6 is 0 Å². The Morgan fingerprint density at radius 3 is 2.86 bits per heavy atom. The highest BCUT2D eigenvalue weighted by Gasteiger charge is 2.29. The first-order valence-corrected chi connectivity index (χ1v) is 6.99. The first-order valence-electron chi connectivity index (χ1n) is 6.99. The van der Waals surface area contributed by atoms with Gasteiger partial charge in [0, 0.05) is 18.2 Å². The van der Waals surface area contributed by atoms with Crippen molar-refractivity contribution in [3.8, 4) is 5.75 Å². The van der Waals surface area contributed by atoms with Gasteiger partial charge >= 0.3 is 5.97 Å². The Bertz CT molecular complexity index is 544. The summed E-state index contributed by atoms with van der Waals surface area (Å²) in [5.74, 6) is -0.624. The number of rotatable bonds is 3. The van der Waals surface area contributed by atoms with Crippen molar-refractivity contribution < 1.29 is 19.4 Å². The minimum Gasteiger partial charge on any atom is -0.506 e. The number of amides is 1. The smallest absolute Gasteiger partial charge is 0.307 e. The lowest BCUT2D eigenvalue weighted by molar-refractivity contribution is -0.142. The molecule has 114 valence electrons. The number of carbonyl (C=O) groups excluding carboxylic acids is 2. The van der Waals surface area contributed by atoms with E-state index in [-0.39, 0.29) is 35.8 Å². The standard InChI is InChI=1S/C15H20N2O4/c1-21-14(19)9-11-4-2-3-7-17(11)15(20)10-5-6-12(16)13(18)8-10/h5-6,8,11,18H,2-4,7,9,16H2,1H3. The number of nitrogen functional groups attached to an aromatic ring is 1. The maximum atomic E-state index is 12.6. The van der Waals surface area contributed by atoms with Gasteiger partial charge in [0.1, 0.15) is 5.75 Å². The summed E-state index contributed by atoms with van der Waals surface area (Å²) in [6, 6.07) is 4.29. The largest absolute Gasteiger partial charge is 0.506 e. The predicted molar refractivity (Wildman–Crippen MR) is 77.8 cm³/mol. The molecule has 3 N–H and O–H groups in total. The Balaban J connectivity index is 2.17. The normalized spacial score (nSPS) is 18.3. The number of piperidine rings is 1. The van der Waals surface area contributed by atoms with E-state index in [1.807, 2.05) is 0 Å². The second-order valence-corrected chi connectivity index (χ2v) is 5.20. The predicted octanol–water partition coefficient (Wildman–Crippen LogP) is 1.53. The van der Waals surface area contributed by atoms with Crippen LogP contribution < -0.4 is 5.73 Å². The molecule has 6 heteroatoms. The number of nitrogens with zero attached hydrogens (tertiary/aromatic N) is 1. The molecule has 6 nitrogen and oxygen atoms in total. The van der Waals surface area contributed by atoms with Crippen LogP contribution in [0.15, 0.2) is 18.2 Å². The van der Waals surface area contributed by atoms with Gasteiger partial charge < -0.3 is 20.5 Å². The summed E-state index contributed by atoms with van der Waals surface area (Å²) in [4.78, 5) is 25.7. The molecular weight excluding hydrogens is 272 g/mol. The van der Waals surface area contributed by atoms with Crippen molar-refractivity contribution in [2.45, 2.75) is 31.7 Å². The van der Waals surface area contributed by atoms with Crippen LogP contribution in [0.5, 0.6) is 5.75 Å². The van der Waals surface area contributed by atoms with Crippen molar-refractivity contribution in [3.63, 3.8) is 0 Å². The molecule has 1 saturated heterocycles. The van der Waals surface area contributed by atoms with E-state index in [1.165, 1.54) is 19.2 Å². The van der Waals surface area contributed by atoms with Gasteiger partial charge in [-0.25, -0.2) is 0 Å². The molecule has 1 amide bonds. The lowest BCUT2D eigenvalue weighted by Gasteiger charge is -2.35. The molecule has 0 saturated carbocycles. The third-order valence-corrected chi connectivity index (χ3v) is 3.80. The van der Waals surface area contributed by atoms with Gasteiger partial charge in [-0.3, -0.25) is 9.59 Å². The fraction of sp³-hybridized carbons (Fsp3) is 0.467. The zero-order chi connectivity index (χ0) is 15.4. The second kappa shape index (κ2) is 6.47. The van der Waals surface area contributed by atoms with Gasteiger partial charge in [-0.15, -0.1) is 0 Å². The number of likely N-dealkylation sites (tertiary alicyclic amines) is 1. The van der Waals surface area contributed by atoms with Gasteiger partial charge in [-0.1, -0.05) is 0 Å². The summed E-state index contributed by atoms with van der Waals surface area (Å²) in [7, 11) is 1.34. The van der Waals surface area contributed by atoms with Crippen LogP contribution in [0, 0.1) is 0 Å². The molecular formula is C15H20N2O4. The Morgan fingerprint density at radius 1 is 1.43 bits per heavy atom. The summed E-state index contributed by atoms with van der Waals surface area (Å²) in [6.07, 6.45) is 2.87. The minimum absolute atomic E-state index is 0.109. The summed E-state index contributed by atoms with van der Waals surface area (Å²) in [5, 5.41) is 9.63. The molecule has 1 aliphatic rings. The molecule has 0 aliphatic carbocycles. The molecule has 2 rings (SSSR count). The number of anilines is 1. The summed E-state index contributed by atoms with van der Waals surface area (Å²) in [5.41, 5.74) is 6.15. The van der Waals surface area contributed by atoms with E-state index in [2.05, 4.69) is 4.74 Å². The number of nitrogens with two attached hydrogens (primary N) is 1. The van der Waals surface area contributed by atoms with Gasteiger partial charge in [0.15, 0.2) is 0 Å². The Morgan fingerprint density at radius 2 is 2.19 bits per heavy atom. The molecule has 1 aliphatic heterocycles. The fourth-order valence-electron chi connectivity index (χ4n) is 2.60. The number of phenolic OH excluding ortho intramolecular Hbond substituents is 1. The van der Waals surface area contributed by atoms with Crippen LogP contribution in [0.4, 0.5) is 5.69 Å². The van der Waals surface area contributed by atoms with Gasteiger partial charge in [-0.05, 0) is 37.5 Å². The first kappa shape index (κ1) is 15.2. The van der Waals surface area contributed by atoms with Gasteiger partial charge in [0.2, 0.25) is 0 Å². The Hall–Kier alpha value is -2.24. The lowest BCUT2D eigenvalue weighted by atomic mass is 9.98. The summed E-state index contributed by atoms with van der Waals surface area (Å²) >= 11 is 0. The SMILES string of the molecule is COC(=O)CC1CCCCN1C(=O)c1ccc(N)c(O)c1. The van der Waals surface area contributed by atoms with Crippen molar-refractivity contribution in [2.24, 2.45) is 0 Å². The molecule has 1 unspecified atom stereocenters. The molecule has 0 aromatic heterocycles. The molecule has 0 radical (unpaired) electrons. The second-order valence-electron chi connectivity index (χ2n) is 5.20. The summed E-state index contributed by atoms with van der Waals surface area (Å²) < 4.78 is 4.69. The van der Waals surface area contributed by atoms with E-state index in [0.29, 0.717) is 12.1 Å². The van der Waals surface area contributed by atoms with Crippen molar-refractivity contribution in [3.05, 3.63) is 23.8 Å². The van der Waals surface area contributed by atoms with Gasteiger partial charge in [0.05, 0.1) is 19.2 Å². The number of methoxy groups -OCH3 is 1. The number of benzene rings is 1. The van der Waals surface area contributed by atoms with Crippen LogP contribution in [0.3, 0.4) is 0 Å². The Kier molecular flexibility index (Phi) is 4.67. The first-order chi connectivity index (χ1) is 10.0. The number of ether oxygens (including phenoxy) is 1. The number of hydrogen-bond donors (Lipinski definition) is 2. The van der Waals surface area contributed by atoms with Crippen molar-refractivity contribution in [1.29, 1.82) is 0 Å². The van der Waals surface area contributed by atoms with E-state index >= 15 is 0 Å². The Labute approximate surface area is 123 Å². The topological polar surface area (TPSA) is 92.9 Å². The molecule has 0 spiro atoms. The maximum Gasteiger partial charge on any atom is 0.307 e. The van der Waals surface area contributed by atoms with Crippen LogP contribution in [0.25, 0.3) is 0 Å². The molecule has 1 heterocycles. The highest BCUT2D eigenvalue weighted by molar-refractivity contribution is 5.95. The average molecular weight is 292 g/mol. The fourth-order valence-corrected chi connectivity index (χ4v) is 2.60. The van der Waals surface area contributed by atoms with Crippen LogP contribution in [-0.4, -0.2) is 41.6 Å². The van der Waals surface area contributed by atoms with Crippen LogP contribution in [0.1, 0.15) is 36.0 Å². The van der Waals surface area contributed by atoms with E-state index < -0.39 is 0 Å². The summed E-state index contributed by atoms with van der Waals surface area (Å²) in [6.45, 7) is 0.603. The van der Waals surface area contributed by atoms with E-state index in [4.69, 9.17) is 5.73 Å². The highest BCUT2D eigenvalue weighted by atomic mass is 16.5. The van der Waals surface area contributed by atoms with E-state index in [0.717, 1.165) is 19.3 Å². The van der Waals surface area contributed by atoms with E-state index in [1.54, 1.807) is 11.0 Å². The van der Waals surface area contributed by atoms with E-state index in [9.17, 15) is 14.7 Å². The van der Waals surface area contributed by atoms with Crippen LogP contribution in [0.2, 0.25) is 0 Å². The molecule has 1 atom stereocenters. The monoisotopic (exact) mass is 292 g/mol. The van der Waals surface area contributed by atoms with Crippen LogP contribution in [-0.2, 0) is 9.53 Å². The molecule has 0 bridgehead atoms. The average Bonchev–Trinajstić information content (AvgIpc) is 2.49. The highest BCUT2D eigenvalue weighted by Crippen LogP contribution is 2.25. The van der Waals surface area contributed by atoms with Crippen molar-refractivity contribution in [2.75, 3.05) is 19.4 Å². The number of aromatic hydroxyl groups is 1. The van der Waals surface area contributed by atoms with Crippen molar-refractivity contribution >= 4 is 17.6 Å². The number of hydrogen-bond acceptors (Lipinski definition) is 5. The quantitative estimate of drug-likeness (QED) is 0.500. The number of esters is 1. The zero-order valence-corrected chi connectivity index (χ0v) is 12.0. The molecule has 1 fully saturated rings. The maximum absolute atomic E-state index is 12.6. The third kappa shape index (κ3) is 3.45. The zero-order valence-electron chi connectivity index (χ0n) is 12.0. The molecule has 1 aromatic carbocycles. The minimum atomic E-state index is -0.320. The number of carbonyl (C=O) groups is 2. The third-order valence-electron chi connectivity index (χ3n) is 3.80. The van der Waals surface area contributed by atoms with Crippen molar-refractivity contribution in [1.82, 2.24) is 4.90 Å². The van der Waals surface area contributed by atoms with Gasteiger partial charge in [-0.2, -0.15) is 0 Å². The lowest BCUT2D eigenvalue weighted by Crippen LogP contribution is -2.44.